The molecule has 2 aromatic heterocycles. The first-order valence-corrected chi connectivity index (χ1v) is 8.97. The van der Waals surface area contributed by atoms with Gasteiger partial charge in [0.05, 0.1) is 18.3 Å². The molecule has 0 saturated carbocycles. The quantitative estimate of drug-likeness (QED) is 0.608. The van der Waals surface area contributed by atoms with Crippen LogP contribution in [0.3, 0.4) is 0 Å². The van der Waals surface area contributed by atoms with E-state index in [9.17, 15) is 9.59 Å². The van der Waals surface area contributed by atoms with E-state index in [1.165, 1.54) is 4.40 Å². The van der Waals surface area contributed by atoms with Gasteiger partial charge in [0.2, 0.25) is 0 Å². The molecule has 2 aromatic rings. The predicted octanol–water partition coefficient (Wildman–Crippen LogP) is 3.10. The lowest BCUT2D eigenvalue weighted by atomic mass is 9.51. The lowest BCUT2D eigenvalue weighted by molar-refractivity contribution is 0.0499. The Morgan fingerprint density at radius 3 is 2.65 bits per heavy atom. The smallest absolute Gasteiger partial charge is 0.534 e. The van der Waals surface area contributed by atoms with Crippen molar-refractivity contribution in [1.82, 2.24) is 4.40 Å². The number of aromatic nitrogens is 1. The number of pyridine rings is 2. The Morgan fingerprint density at radius 1 is 1.35 bits per heavy atom. The molecule has 0 spiro atoms. The molecule has 1 fully saturated rings. The standard InChI is InChI=1S/C19H24BNO5/c1-6-13-10-15(18(23)24-7-2)17(22)21-11-14(8-9-16(13)21)26-20-19(4,5)12(3)25-20/h8-12H,6-7H2,1-5H3. The van der Waals surface area contributed by atoms with Crippen LogP contribution in [0.4, 0.5) is 0 Å². The maximum Gasteiger partial charge on any atom is 0.534 e. The minimum atomic E-state index is -0.606. The summed E-state index contributed by atoms with van der Waals surface area (Å²) in [5.74, 6) is -0.0853. The van der Waals surface area contributed by atoms with E-state index in [2.05, 4.69) is 13.8 Å². The van der Waals surface area contributed by atoms with Crippen LogP contribution in [0.2, 0.25) is 5.31 Å². The van der Waals surface area contributed by atoms with Crippen LogP contribution in [0.15, 0.2) is 29.2 Å². The Balaban J connectivity index is 2.03. The average molecular weight is 357 g/mol. The summed E-state index contributed by atoms with van der Waals surface area (Å²) in [4.78, 5) is 24.9. The lowest BCUT2D eigenvalue weighted by Crippen LogP contribution is -2.56. The highest BCUT2D eigenvalue weighted by Gasteiger charge is 2.55. The number of aryl methyl sites for hydroxylation is 1. The van der Waals surface area contributed by atoms with E-state index in [0.717, 1.165) is 11.1 Å². The maximum atomic E-state index is 12.8. The molecule has 0 amide bonds. The van der Waals surface area contributed by atoms with Crippen molar-refractivity contribution in [2.75, 3.05) is 6.61 Å². The van der Waals surface area contributed by atoms with Gasteiger partial charge >= 0.3 is 13.1 Å². The van der Waals surface area contributed by atoms with Gasteiger partial charge in [-0.05, 0) is 44.0 Å². The first kappa shape index (κ1) is 18.5. The molecule has 3 rings (SSSR count). The monoisotopic (exact) mass is 357 g/mol. The van der Waals surface area contributed by atoms with Crippen LogP contribution in [0.1, 0.15) is 50.5 Å². The third-order valence-corrected chi connectivity index (χ3v) is 5.12. The van der Waals surface area contributed by atoms with Crippen LogP contribution in [0.25, 0.3) is 5.52 Å². The van der Waals surface area contributed by atoms with Gasteiger partial charge in [-0.3, -0.25) is 9.20 Å². The molecule has 3 heterocycles. The second-order valence-electron chi connectivity index (χ2n) is 7.13. The Kier molecular flexibility index (Phi) is 4.84. The molecule has 6 nitrogen and oxygen atoms in total. The van der Waals surface area contributed by atoms with E-state index in [1.807, 2.05) is 26.0 Å². The molecule has 0 aliphatic carbocycles. The van der Waals surface area contributed by atoms with Gasteiger partial charge in [-0.15, -0.1) is 0 Å². The highest BCUT2D eigenvalue weighted by Crippen LogP contribution is 2.45. The molecule has 7 heteroatoms. The fraction of sp³-hybridized carbons (Fsp3) is 0.474. The topological polar surface area (TPSA) is 66.2 Å². The number of nitrogens with zero attached hydrogens (tertiary/aromatic N) is 1. The third kappa shape index (κ3) is 3.01. The second-order valence-corrected chi connectivity index (χ2v) is 7.13. The number of hydrogen-bond donors (Lipinski definition) is 0. The van der Waals surface area contributed by atoms with Crippen molar-refractivity contribution in [1.29, 1.82) is 0 Å². The van der Waals surface area contributed by atoms with E-state index in [1.54, 1.807) is 19.2 Å². The van der Waals surface area contributed by atoms with Crippen molar-refractivity contribution in [2.45, 2.75) is 52.5 Å². The average Bonchev–Trinajstić information content (AvgIpc) is 2.62. The second kappa shape index (κ2) is 6.80. The highest BCUT2D eigenvalue weighted by atomic mass is 16.6. The molecule has 0 N–H and O–H groups in total. The Bertz CT molecular complexity index is 905. The summed E-state index contributed by atoms with van der Waals surface area (Å²) >= 11 is 0. The summed E-state index contributed by atoms with van der Waals surface area (Å²) in [5.41, 5.74) is 1.27. The molecule has 26 heavy (non-hydrogen) atoms. The molecule has 0 aromatic carbocycles. The molecule has 0 radical (unpaired) electrons. The van der Waals surface area contributed by atoms with Crippen molar-refractivity contribution in [3.8, 4) is 5.75 Å². The number of hydrogen-bond acceptors (Lipinski definition) is 5. The van der Waals surface area contributed by atoms with Crippen molar-refractivity contribution >= 4 is 18.6 Å². The van der Waals surface area contributed by atoms with Gasteiger partial charge in [-0.1, -0.05) is 20.8 Å². The van der Waals surface area contributed by atoms with Crippen LogP contribution in [0, 0.1) is 0 Å². The fourth-order valence-electron chi connectivity index (χ4n) is 3.02. The van der Waals surface area contributed by atoms with E-state index in [-0.39, 0.29) is 30.7 Å². The summed E-state index contributed by atoms with van der Waals surface area (Å²) in [6.07, 6.45) is 2.41. The van der Waals surface area contributed by atoms with Gasteiger partial charge in [0.15, 0.2) is 0 Å². The first-order chi connectivity index (χ1) is 12.3. The molecule has 1 aliphatic rings. The van der Waals surface area contributed by atoms with E-state index >= 15 is 0 Å². The Morgan fingerprint density at radius 2 is 2.08 bits per heavy atom. The largest absolute Gasteiger partial charge is 0.535 e. The normalized spacial score (nSPS) is 18.5. The molecule has 138 valence electrons. The fourth-order valence-corrected chi connectivity index (χ4v) is 3.02. The number of fused-ring (bicyclic) bond motifs is 1. The molecule has 1 unspecified atom stereocenters. The number of carbonyl (C=O) groups excluding carboxylic acids is 1. The minimum Gasteiger partial charge on any atom is -0.535 e. The summed E-state index contributed by atoms with van der Waals surface area (Å²) in [7, 11) is -0.371. The first-order valence-electron chi connectivity index (χ1n) is 8.97. The van der Waals surface area contributed by atoms with Crippen LogP contribution < -0.4 is 10.2 Å². The van der Waals surface area contributed by atoms with Crippen molar-refractivity contribution in [3.63, 3.8) is 0 Å². The van der Waals surface area contributed by atoms with Gasteiger partial charge in [-0.2, -0.15) is 0 Å². The lowest BCUT2D eigenvalue weighted by Gasteiger charge is -2.45. The molecule has 0 bridgehead atoms. The van der Waals surface area contributed by atoms with E-state index < -0.39 is 11.5 Å². The zero-order valence-corrected chi connectivity index (χ0v) is 15.9. The summed E-state index contributed by atoms with van der Waals surface area (Å²) in [5, 5.41) is -0.110. The highest BCUT2D eigenvalue weighted by molar-refractivity contribution is 6.52. The number of carbonyl (C=O) groups is 1. The van der Waals surface area contributed by atoms with Crippen LogP contribution in [-0.2, 0) is 15.8 Å². The maximum absolute atomic E-state index is 12.8. The van der Waals surface area contributed by atoms with Crippen LogP contribution in [0.5, 0.6) is 5.75 Å². The van der Waals surface area contributed by atoms with Crippen molar-refractivity contribution in [2.24, 2.45) is 0 Å². The zero-order valence-electron chi connectivity index (χ0n) is 15.9. The Labute approximate surface area is 153 Å². The summed E-state index contributed by atoms with van der Waals surface area (Å²) in [6.45, 7) is 10.1. The van der Waals surface area contributed by atoms with Crippen LogP contribution >= 0.6 is 0 Å². The molecule has 1 aliphatic heterocycles. The zero-order chi connectivity index (χ0) is 19.1. The van der Waals surface area contributed by atoms with E-state index in [0.29, 0.717) is 12.2 Å². The van der Waals surface area contributed by atoms with Gasteiger partial charge in [-0.25, -0.2) is 4.79 Å². The minimum absolute atomic E-state index is 0.0344. The van der Waals surface area contributed by atoms with Crippen molar-refractivity contribution in [3.05, 3.63) is 45.9 Å². The van der Waals surface area contributed by atoms with Crippen LogP contribution in [-0.4, -0.2) is 30.2 Å². The third-order valence-electron chi connectivity index (χ3n) is 5.12. The van der Waals surface area contributed by atoms with E-state index in [4.69, 9.17) is 14.0 Å². The van der Waals surface area contributed by atoms with Gasteiger partial charge < -0.3 is 14.0 Å². The Hall–Kier alpha value is -2.28. The predicted molar refractivity (Wildman–Crippen MR) is 100.0 cm³/mol. The summed E-state index contributed by atoms with van der Waals surface area (Å²) in [6, 6.07) is 5.27. The molecular weight excluding hydrogens is 333 g/mol. The number of ether oxygens (including phenoxy) is 1. The molecule has 1 atom stereocenters. The van der Waals surface area contributed by atoms with Gasteiger partial charge in [0.25, 0.3) is 5.56 Å². The van der Waals surface area contributed by atoms with Gasteiger partial charge in [0.1, 0.15) is 11.3 Å². The molecule has 1 saturated heterocycles. The number of esters is 1. The van der Waals surface area contributed by atoms with Gasteiger partial charge in [0, 0.05) is 11.4 Å². The summed E-state index contributed by atoms with van der Waals surface area (Å²) < 4.78 is 18.0. The van der Waals surface area contributed by atoms with Crippen molar-refractivity contribution < 1.29 is 18.8 Å². The molecular formula is C19H24BNO5. The number of rotatable bonds is 5. The SMILES string of the molecule is CCOC(=O)c1cc(CC)c2ccc(OB3OC(C)C3(C)C)cn2c1=O.